The second-order valence-electron chi connectivity index (χ2n) is 4.78. The Kier molecular flexibility index (Phi) is 5.22. The molecule has 1 aromatic heterocycles. The number of hydrogen-bond donors (Lipinski definition) is 2. The van der Waals surface area contributed by atoms with Crippen LogP contribution in [0.15, 0.2) is 18.5 Å². The highest BCUT2D eigenvalue weighted by Gasteiger charge is 2.13. The van der Waals surface area contributed by atoms with Gasteiger partial charge in [0.25, 0.3) is 5.91 Å². The normalized spacial score (nSPS) is 11.5. The van der Waals surface area contributed by atoms with Gasteiger partial charge in [0.2, 0.25) is 0 Å². The second kappa shape index (κ2) is 6.45. The van der Waals surface area contributed by atoms with E-state index in [1.165, 1.54) is 0 Å². The number of rotatable bonds is 6. The number of amides is 1. The zero-order valence-electron chi connectivity index (χ0n) is 11.2. The van der Waals surface area contributed by atoms with E-state index in [0.29, 0.717) is 24.2 Å². The highest BCUT2D eigenvalue weighted by Crippen LogP contribution is 2.03. The Balaban J connectivity index is 2.34. The minimum Gasteiger partial charge on any atom is -0.367 e. The van der Waals surface area contributed by atoms with Crippen molar-refractivity contribution in [3.8, 4) is 0 Å². The van der Waals surface area contributed by atoms with Crippen molar-refractivity contribution in [2.45, 2.75) is 39.8 Å². The minimum absolute atomic E-state index is 0.0151. The summed E-state index contributed by atoms with van der Waals surface area (Å²) in [6, 6.07) is 2.77. The van der Waals surface area contributed by atoms with Crippen LogP contribution in [0, 0.1) is 0 Å². The molecule has 1 heterocycles. The van der Waals surface area contributed by atoms with Crippen LogP contribution >= 0.6 is 0 Å². The van der Waals surface area contributed by atoms with Gasteiger partial charge in [-0.25, -0.2) is 0 Å². The third-order valence-corrected chi connectivity index (χ3v) is 2.84. The average molecular weight is 237 g/mol. The molecule has 0 aromatic carbocycles. The van der Waals surface area contributed by atoms with Gasteiger partial charge in [0.15, 0.2) is 0 Å². The van der Waals surface area contributed by atoms with Crippen LogP contribution in [0.3, 0.4) is 0 Å². The molecule has 0 saturated heterocycles. The first-order valence-electron chi connectivity index (χ1n) is 6.19. The first-order chi connectivity index (χ1) is 8.02. The third kappa shape index (κ3) is 4.23. The molecule has 0 bridgehead atoms. The average Bonchev–Trinajstić information content (AvgIpc) is 2.76. The van der Waals surface area contributed by atoms with Crippen LogP contribution in [-0.2, 0) is 0 Å². The predicted octanol–water partition coefficient (Wildman–Crippen LogP) is 1.86. The van der Waals surface area contributed by atoms with Gasteiger partial charge in [-0.05, 0) is 33.8 Å². The molecule has 96 valence electrons. The van der Waals surface area contributed by atoms with Crippen LogP contribution in [0.2, 0.25) is 0 Å². The Hall–Kier alpha value is -1.29. The van der Waals surface area contributed by atoms with Crippen molar-refractivity contribution < 1.29 is 4.79 Å². The molecule has 0 fully saturated rings. The fraction of sp³-hybridized carbons (Fsp3) is 0.615. The van der Waals surface area contributed by atoms with E-state index in [1.54, 1.807) is 18.5 Å². The van der Waals surface area contributed by atoms with Gasteiger partial charge in [-0.2, -0.15) is 0 Å². The van der Waals surface area contributed by atoms with Gasteiger partial charge in [0.1, 0.15) is 0 Å². The van der Waals surface area contributed by atoms with Gasteiger partial charge in [-0.3, -0.25) is 9.69 Å². The molecule has 0 spiro atoms. The quantitative estimate of drug-likeness (QED) is 0.793. The van der Waals surface area contributed by atoms with Crippen LogP contribution in [0.25, 0.3) is 0 Å². The number of hydrogen-bond acceptors (Lipinski definition) is 2. The molecule has 1 rings (SSSR count). The number of carbonyl (C=O) groups excluding carboxylic acids is 1. The van der Waals surface area contributed by atoms with Crippen molar-refractivity contribution in [2.24, 2.45) is 0 Å². The van der Waals surface area contributed by atoms with Crippen molar-refractivity contribution in [2.75, 3.05) is 13.1 Å². The molecule has 17 heavy (non-hydrogen) atoms. The predicted molar refractivity (Wildman–Crippen MR) is 70.1 cm³/mol. The Bertz CT molecular complexity index is 322. The maximum atomic E-state index is 11.7. The van der Waals surface area contributed by atoms with E-state index in [1.807, 2.05) is 0 Å². The van der Waals surface area contributed by atoms with Crippen LogP contribution in [0.1, 0.15) is 38.1 Å². The third-order valence-electron chi connectivity index (χ3n) is 2.84. The summed E-state index contributed by atoms with van der Waals surface area (Å²) in [7, 11) is 0. The van der Waals surface area contributed by atoms with Crippen molar-refractivity contribution in [1.29, 1.82) is 0 Å². The monoisotopic (exact) mass is 237 g/mol. The maximum absolute atomic E-state index is 11.7. The van der Waals surface area contributed by atoms with E-state index in [0.717, 1.165) is 6.54 Å². The number of aromatic amines is 1. The Labute approximate surface area is 103 Å². The van der Waals surface area contributed by atoms with E-state index in [9.17, 15) is 4.79 Å². The molecule has 2 N–H and O–H groups in total. The van der Waals surface area contributed by atoms with Gasteiger partial charge in [-0.1, -0.05) is 0 Å². The van der Waals surface area contributed by atoms with E-state index in [2.05, 4.69) is 42.9 Å². The van der Waals surface area contributed by atoms with Gasteiger partial charge in [0.05, 0.1) is 5.56 Å². The first-order valence-corrected chi connectivity index (χ1v) is 6.19. The Morgan fingerprint density at radius 2 is 2.00 bits per heavy atom. The molecule has 0 atom stereocenters. The Morgan fingerprint density at radius 1 is 1.35 bits per heavy atom. The molecule has 1 amide bonds. The molecule has 0 saturated carbocycles. The molecule has 4 nitrogen and oxygen atoms in total. The van der Waals surface area contributed by atoms with Crippen LogP contribution in [0.5, 0.6) is 0 Å². The highest BCUT2D eigenvalue weighted by atomic mass is 16.1. The lowest BCUT2D eigenvalue weighted by atomic mass is 10.2. The van der Waals surface area contributed by atoms with E-state index in [4.69, 9.17) is 0 Å². The zero-order chi connectivity index (χ0) is 12.8. The number of carbonyl (C=O) groups is 1. The highest BCUT2D eigenvalue weighted by molar-refractivity contribution is 5.93. The summed E-state index contributed by atoms with van der Waals surface area (Å²) in [6.07, 6.45) is 3.46. The van der Waals surface area contributed by atoms with Crippen LogP contribution in [-0.4, -0.2) is 41.0 Å². The van der Waals surface area contributed by atoms with Crippen LogP contribution in [0.4, 0.5) is 0 Å². The first kappa shape index (κ1) is 13.8. The van der Waals surface area contributed by atoms with Crippen molar-refractivity contribution in [3.05, 3.63) is 24.0 Å². The SMILES string of the molecule is CC(C)N(CCNC(=O)c1cc[nH]c1)C(C)C. The van der Waals surface area contributed by atoms with Gasteiger partial charge in [0, 0.05) is 37.6 Å². The van der Waals surface area contributed by atoms with Gasteiger partial charge < -0.3 is 10.3 Å². The molecule has 0 aliphatic carbocycles. The summed E-state index contributed by atoms with van der Waals surface area (Å²) in [5, 5.41) is 2.92. The minimum atomic E-state index is -0.0151. The smallest absolute Gasteiger partial charge is 0.252 e. The van der Waals surface area contributed by atoms with Crippen molar-refractivity contribution in [1.82, 2.24) is 15.2 Å². The fourth-order valence-electron chi connectivity index (χ4n) is 1.98. The molecule has 4 heteroatoms. The molecule has 0 aliphatic heterocycles. The topological polar surface area (TPSA) is 48.1 Å². The second-order valence-corrected chi connectivity index (χ2v) is 4.78. The largest absolute Gasteiger partial charge is 0.367 e. The lowest BCUT2D eigenvalue weighted by Crippen LogP contribution is -2.42. The summed E-state index contributed by atoms with van der Waals surface area (Å²) in [5.74, 6) is -0.0151. The number of nitrogens with zero attached hydrogens (tertiary/aromatic N) is 1. The lowest BCUT2D eigenvalue weighted by Gasteiger charge is -2.30. The summed E-state index contributed by atoms with van der Waals surface area (Å²) < 4.78 is 0. The van der Waals surface area contributed by atoms with E-state index >= 15 is 0 Å². The summed E-state index contributed by atoms with van der Waals surface area (Å²) in [5.41, 5.74) is 0.686. The van der Waals surface area contributed by atoms with Crippen molar-refractivity contribution >= 4 is 5.91 Å². The number of aromatic nitrogens is 1. The standard InChI is InChI=1S/C13H23N3O/c1-10(2)16(11(3)4)8-7-15-13(17)12-5-6-14-9-12/h5-6,9-11,14H,7-8H2,1-4H3,(H,15,17). The molecular weight excluding hydrogens is 214 g/mol. The maximum Gasteiger partial charge on any atom is 0.252 e. The summed E-state index contributed by atoms with van der Waals surface area (Å²) in [6.45, 7) is 10.3. The van der Waals surface area contributed by atoms with E-state index in [-0.39, 0.29) is 5.91 Å². The number of nitrogens with one attached hydrogen (secondary N) is 2. The van der Waals surface area contributed by atoms with Crippen LogP contribution < -0.4 is 5.32 Å². The molecule has 0 radical (unpaired) electrons. The molecule has 1 aromatic rings. The Morgan fingerprint density at radius 3 is 2.47 bits per heavy atom. The van der Waals surface area contributed by atoms with Gasteiger partial charge in [-0.15, -0.1) is 0 Å². The molecule has 0 unspecified atom stereocenters. The lowest BCUT2D eigenvalue weighted by molar-refractivity contribution is 0.0939. The van der Waals surface area contributed by atoms with Gasteiger partial charge >= 0.3 is 0 Å². The summed E-state index contributed by atoms with van der Waals surface area (Å²) >= 11 is 0. The molecule has 0 aliphatic rings. The molecular formula is C13H23N3O. The zero-order valence-corrected chi connectivity index (χ0v) is 11.2. The number of H-pyrrole nitrogens is 1. The van der Waals surface area contributed by atoms with Crippen molar-refractivity contribution in [3.63, 3.8) is 0 Å². The van der Waals surface area contributed by atoms with E-state index < -0.39 is 0 Å². The fourth-order valence-corrected chi connectivity index (χ4v) is 1.98. The summed E-state index contributed by atoms with van der Waals surface area (Å²) in [4.78, 5) is 16.9.